The van der Waals surface area contributed by atoms with Crippen LogP contribution in [-0.2, 0) is 0 Å². The second-order valence-corrected chi connectivity index (χ2v) is 3.31. The van der Waals surface area contributed by atoms with Crippen LogP contribution in [0.25, 0.3) is 0 Å². The molecule has 0 bridgehead atoms. The molecule has 1 aromatic carbocycles. The van der Waals surface area contributed by atoms with Crippen LogP contribution < -0.4 is 0 Å². The molecule has 2 nitrogen and oxygen atoms in total. The average molecular weight is 171 g/mol. The summed E-state index contributed by atoms with van der Waals surface area (Å²) in [6.45, 7) is 0. The van der Waals surface area contributed by atoms with Gasteiger partial charge in [-0.2, -0.15) is 5.26 Å². The lowest BCUT2D eigenvalue weighted by atomic mass is 10.1. The van der Waals surface area contributed by atoms with E-state index in [1.165, 1.54) is 0 Å². The molecular weight excluding hydrogens is 162 g/mol. The summed E-state index contributed by atoms with van der Waals surface area (Å²) < 4.78 is 0. The van der Waals surface area contributed by atoms with Crippen LogP contribution >= 0.6 is 0 Å². The Morgan fingerprint density at radius 2 is 2.08 bits per heavy atom. The van der Waals surface area contributed by atoms with Crippen molar-refractivity contribution in [1.29, 1.82) is 5.26 Å². The SMILES string of the molecule is N#C[C@@H]1C[C@@H]1C(=O)c1ccccc1. The fourth-order valence-corrected chi connectivity index (χ4v) is 1.44. The summed E-state index contributed by atoms with van der Waals surface area (Å²) in [5, 5.41) is 8.57. The Balaban J connectivity index is 2.13. The van der Waals surface area contributed by atoms with Crippen molar-refractivity contribution in [2.45, 2.75) is 6.42 Å². The third-order valence-corrected chi connectivity index (χ3v) is 2.35. The van der Waals surface area contributed by atoms with E-state index in [4.69, 9.17) is 5.26 Å². The number of nitriles is 1. The van der Waals surface area contributed by atoms with Crippen LogP contribution in [0.1, 0.15) is 16.8 Å². The lowest BCUT2D eigenvalue weighted by Gasteiger charge is -1.96. The first kappa shape index (κ1) is 8.00. The fraction of sp³-hybridized carbons (Fsp3) is 0.273. The standard InChI is InChI=1S/C11H9NO/c12-7-9-6-10(9)11(13)8-4-2-1-3-5-8/h1-5,9-10H,6H2/t9-,10-/m0/s1. The number of rotatable bonds is 2. The minimum absolute atomic E-state index is 0.0345. The monoisotopic (exact) mass is 171 g/mol. The van der Waals surface area contributed by atoms with E-state index >= 15 is 0 Å². The van der Waals surface area contributed by atoms with Crippen molar-refractivity contribution in [3.05, 3.63) is 35.9 Å². The Hall–Kier alpha value is -1.62. The van der Waals surface area contributed by atoms with Crippen LogP contribution in [0.5, 0.6) is 0 Å². The van der Waals surface area contributed by atoms with Crippen LogP contribution in [0.2, 0.25) is 0 Å². The van der Waals surface area contributed by atoms with Crippen molar-refractivity contribution in [3.8, 4) is 6.07 Å². The van der Waals surface area contributed by atoms with E-state index in [0.717, 1.165) is 12.0 Å². The van der Waals surface area contributed by atoms with Crippen molar-refractivity contribution in [3.63, 3.8) is 0 Å². The predicted octanol–water partition coefficient (Wildman–Crippen LogP) is 2.03. The van der Waals surface area contributed by atoms with Gasteiger partial charge in [-0.1, -0.05) is 30.3 Å². The van der Waals surface area contributed by atoms with E-state index in [1.54, 1.807) is 12.1 Å². The molecular formula is C11H9NO. The summed E-state index contributed by atoms with van der Waals surface area (Å²) in [5.74, 6) is 0.0484. The normalized spacial score (nSPS) is 24.8. The Morgan fingerprint density at radius 3 is 2.62 bits per heavy atom. The molecule has 0 spiro atoms. The molecule has 2 atom stereocenters. The third kappa shape index (κ3) is 1.46. The van der Waals surface area contributed by atoms with Crippen molar-refractivity contribution in [1.82, 2.24) is 0 Å². The lowest BCUT2D eigenvalue weighted by Crippen LogP contribution is -2.02. The largest absolute Gasteiger partial charge is 0.294 e. The molecule has 0 aliphatic heterocycles. The molecule has 0 radical (unpaired) electrons. The van der Waals surface area contributed by atoms with Gasteiger partial charge in [-0.25, -0.2) is 0 Å². The fourth-order valence-electron chi connectivity index (χ4n) is 1.44. The second kappa shape index (κ2) is 3.02. The summed E-state index contributed by atoms with van der Waals surface area (Å²) in [4.78, 5) is 11.6. The summed E-state index contributed by atoms with van der Waals surface area (Å²) in [7, 11) is 0. The number of hydrogen-bond acceptors (Lipinski definition) is 2. The zero-order valence-corrected chi connectivity index (χ0v) is 7.10. The molecule has 0 saturated heterocycles. The molecule has 0 heterocycles. The quantitative estimate of drug-likeness (QED) is 0.639. The van der Waals surface area contributed by atoms with E-state index in [9.17, 15) is 4.79 Å². The van der Waals surface area contributed by atoms with Crippen LogP contribution in [0, 0.1) is 23.2 Å². The molecule has 13 heavy (non-hydrogen) atoms. The highest BCUT2D eigenvalue weighted by Gasteiger charge is 2.43. The third-order valence-electron chi connectivity index (χ3n) is 2.35. The molecule has 0 amide bonds. The number of ketones is 1. The van der Waals surface area contributed by atoms with E-state index in [-0.39, 0.29) is 17.6 Å². The highest BCUT2D eigenvalue weighted by Crippen LogP contribution is 2.40. The van der Waals surface area contributed by atoms with Crippen molar-refractivity contribution in [2.75, 3.05) is 0 Å². The van der Waals surface area contributed by atoms with Crippen LogP contribution in [0.4, 0.5) is 0 Å². The van der Waals surface area contributed by atoms with Crippen LogP contribution in [0.3, 0.4) is 0 Å². The van der Waals surface area contributed by atoms with E-state index in [1.807, 2.05) is 18.2 Å². The molecule has 0 aromatic heterocycles. The van der Waals surface area contributed by atoms with Gasteiger partial charge in [0.15, 0.2) is 5.78 Å². The zero-order valence-electron chi connectivity index (χ0n) is 7.10. The number of benzene rings is 1. The van der Waals surface area contributed by atoms with Gasteiger partial charge in [0.1, 0.15) is 0 Å². The zero-order chi connectivity index (χ0) is 9.26. The van der Waals surface area contributed by atoms with Crippen molar-refractivity contribution < 1.29 is 4.79 Å². The van der Waals surface area contributed by atoms with Crippen LogP contribution in [-0.4, -0.2) is 5.78 Å². The minimum Gasteiger partial charge on any atom is -0.294 e. The van der Waals surface area contributed by atoms with E-state index in [2.05, 4.69) is 6.07 Å². The number of carbonyl (C=O) groups is 1. The summed E-state index contributed by atoms with van der Waals surface area (Å²) in [5.41, 5.74) is 0.727. The van der Waals surface area contributed by atoms with E-state index < -0.39 is 0 Å². The summed E-state index contributed by atoms with van der Waals surface area (Å²) >= 11 is 0. The number of nitrogens with zero attached hydrogens (tertiary/aromatic N) is 1. The van der Waals surface area contributed by atoms with Gasteiger partial charge in [0, 0.05) is 11.5 Å². The lowest BCUT2D eigenvalue weighted by molar-refractivity contribution is 0.0964. The number of hydrogen-bond donors (Lipinski definition) is 0. The van der Waals surface area contributed by atoms with Gasteiger partial charge in [-0.05, 0) is 6.42 Å². The maximum absolute atomic E-state index is 11.6. The maximum atomic E-state index is 11.6. The number of carbonyl (C=O) groups excluding carboxylic acids is 1. The summed E-state index contributed by atoms with van der Waals surface area (Å²) in [6.07, 6.45) is 0.740. The van der Waals surface area contributed by atoms with Crippen molar-refractivity contribution in [2.24, 2.45) is 11.8 Å². The average Bonchev–Trinajstić information content (AvgIpc) is 2.97. The molecule has 0 unspecified atom stereocenters. The topological polar surface area (TPSA) is 40.9 Å². The Morgan fingerprint density at radius 1 is 1.38 bits per heavy atom. The maximum Gasteiger partial charge on any atom is 0.167 e. The molecule has 1 fully saturated rings. The van der Waals surface area contributed by atoms with Gasteiger partial charge in [0.25, 0.3) is 0 Å². The number of Topliss-reactive ketones (excluding diaryl/α,β-unsaturated/α-hetero) is 1. The first-order valence-corrected chi connectivity index (χ1v) is 4.32. The highest BCUT2D eigenvalue weighted by atomic mass is 16.1. The summed E-state index contributed by atoms with van der Waals surface area (Å²) in [6, 6.07) is 11.3. The van der Waals surface area contributed by atoms with Gasteiger partial charge in [-0.3, -0.25) is 4.79 Å². The Bertz CT molecular complexity index is 363. The molecule has 2 heteroatoms. The molecule has 1 aliphatic carbocycles. The molecule has 2 rings (SSSR count). The Labute approximate surface area is 76.8 Å². The molecule has 0 N–H and O–H groups in total. The second-order valence-electron chi connectivity index (χ2n) is 3.31. The minimum atomic E-state index is -0.0348. The van der Waals surface area contributed by atoms with Gasteiger partial charge in [-0.15, -0.1) is 0 Å². The first-order valence-electron chi connectivity index (χ1n) is 4.32. The van der Waals surface area contributed by atoms with Gasteiger partial charge in [0.2, 0.25) is 0 Å². The molecule has 1 aliphatic rings. The smallest absolute Gasteiger partial charge is 0.167 e. The molecule has 1 aromatic rings. The van der Waals surface area contributed by atoms with Gasteiger partial charge in [0.05, 0.1) is 12.0 Å². The highest BCUT2D eigenvalue weighted by molar-refractivity contribution is 5.99. The van der Waals surface area contributed by atoms with Crippen molar-refractivity contribution >= 4 is 5.78 Å². The van der Waals surface area contributed by atoms with Crippen LogP contribution in [0.15, 0.2) is 30.3 Å². The predicted molar refractivity (Wildman–Crippen MR) is 48.0 cm³/mol. The first-order chi connectivity index (χ1) is 6.33. The Kier molecular flexibility index (Phi) is 1.86. The van der Waals surface area contributed by atoms with Gasteiger partial charge < -0.3 is 0 Å². The van der Waals surface area contributed by atoms with Gasteiger partial charge >= 0.3 is 0 Å². The van der Waals surface area contributed by atoms with E-state index in [0.29, 0.717) is 0 Å². The molecule has 1 saturated carbocycles. The molecule has 64 valence electrons.